The number of hydrogen-bond acceptors (Lipinski definition) is 3. The number of rotatable bonds is 3. The van der Waals surface area contributed by atoms with Crippen molar-refractivity contribution in [2.45, 2.75) is 26.3 Å². The van der Waals surface area contributed by atoms with E-state index in [9.17, 15) is 14.4 Å². The quantitative estimate of drug-likeness (QED) is 0.606. The molecule has 0 saturated carbocycles. The van der Waals surface area contributed by atoms with E-state index in [1.165, 1.54) is 12.1 Å². The highest BCUT2D eigenvalue weighted by Gasteiger charge is 2.29. The first kappa shape index (κ1) is 19.4. The summed E-state index contributed by atoms with van der Waals surface area (Å²) < 4.78 is 14.8. The van der Waals surface area contributed by atoms with E-state index in [0.717, 1.165) is 16.8 Å². The summed E-state index contributed by atoms with van der Waals surface area (Å²) in [5.74, 6) is -1.05. The van der Waals surface area contributed by atoms with Crippen LogP contribution in [-0.2, 0) is 4.79 Å². The van der Waals surface area contributed by atoms with E-state index in [2.05, 4.69) is 25.2 Å². The topological polar surface area (TPSA) is 56.1 Å². The van der Waals surface area contributed by atoms with Gasteiger partial charge in [-0.15, -0.1) is 0 Å². The highest BCUT2D eigenvalue weighted by molar-refractivity contribution is 6.09. The fraction of sp³-hybridized carbons (Fsp3) is 0.217. The zero-order valence-corrected chi connectivity index (χ0v) is 16.4. The maximum atomic E-state index is 14.8. The molecule has 1 N–H and O–H groups in total. The largest absolute Gasteiger partial charge is 0.365 e. The molecule has 0 unspecified atom stereocenters. The first-order valence-electron chi connectivity index (χ1n) is 8.98. The van der Waals surface area contributed by atoms with Crippen molar-refractivity contribution in [3.63, 3.8) is 0 Å². The molecule has 3 rings (SSSR count). The zero-order chi connectivity index (χ0) is 20.5. The molecule has 0 radical (unpaired) electrons. The van der Waals surface area contributed by atoms with Gasteiger partial charge >= 0.3 is 0 Å². The van der Waals surface area contributed by atoms with Gasteiger partial charge in [0.25, 0.3) is 5.91 Å². The Bertz CT molecular complexity index is 1030. The molecule has 0 saturated heterocycles. The van der Waals surface area contributed by atoms with Gasteiger partial charge in [0.15, 0.2) is 0 Å². The van der Waals surface area contributed by atoms with Gasteiger partial charge in [-0.3, -0.25) is 4.79 Å². The van der Waals surface area contributed by atoms with Crippen LogP contribution in [0, 0.1) is 17.1 Å². The van der Waals surface area contributed by atoms with Crippen molar-refractivity contribution in [1.29, 1.82) is 5.26 Å². The molecule has 0 spiro atoms. The number of halogens is 1. The van der Waals surface area contributed by atoms with Gasteiger partial charge in [-0.1, -0.05) is 24.3 Å². The van der Waals surface area contributed by atoms with E-state index in [0.29, 0.717) is 5.69 Å². The fourth-order valence-electron chi connectivity index (χ4n) is 3.32. The van der Waals surface area contributed by atoms with Crippen molar-refractivity contribution in [3.05, 3.63) is 71.1 Å². The van der Waals surface area contributed by atoms with Gasteiger partial charge in [0.1, 0.15) is 17.5 Å². The van der Waals surface area contributed by atoms with E-state index >= 15 is 0 Å². The number of nitrogens with zero attached hydrogens (tertiary/aromatic N) is 2. The monoisotopic (exact) mass is 375 g/mol. The number of hydrogen-bond donors (Lipinski definition) is 1. The Morgan fingerprint density at radius 3 is 2.57 bits per heavy atom. The van der Waals surface area contributed by atoms with Crippen LogP contribution in [0.2, 0.25) is 0 Å². The molecule has 0 aliphatic carbocycles. The average molecular weight is 375 g/mol. The number of allylic oxidation sites excluding steroid dienone is 1. The predicted molar refractivity (Wildman–Crippen MR) is 111 cm³/mol. The van der Waals surface area contributed by atoms with Crippen LogP contribution < -0.4 is 10.2 Å². The normalized spacial score (nSPS) is 15.4. The zero-order valence-electron chi connectivity index (χ0n) is 16.4. The molecule has 1 aliphatic heterocycles. The second-order valence-electron chi connectivity index (χ2n) is 7.42. The van der Waals surface area contributed by atoms with Crippen LogP contribution in [0.4, 0.5) is 15.8 Å². The Morgan fingerprint density at radius 2 is 1.93 bits per heavy atom. The van der Waals surface area contributed by atoms with Crippen molar-refractivity contribution in [2.75, 3.05) is 17.3 Å². The summed E-state index contributed by atoms with van der Waals surface area (Å²) in [6, 6.07) is 13.8. The number of para-hydroxylation sites is 1. The van der Waals surface area contributed by atoms with Crippen LogP contribution in [0.1, 0.15) is 31.9 Å². The highest BCUT2D eigenvalue weighted by atomic mass is 19.1. The Morgan fingerprint density at radius 1 is 1.25 bits per heavy atom. The molecule has 0 fully saturated rings. The first-order valence-corrected chi connectivity index (χ1v) is 8.98. The van der Waals surface area contributed by atoms with Gasteiger partial charge in [-0.25, -0.2) is 4.39 Å². The molecule has 1 aliphatic rings. The van der Waals surface area contributed by atoms with Crippen LogP contribution in [0.3, 0.4) is 0 Å². The molecule has 1 amide bonds. The molecule has 4 nitrogen and oxygen atoms in total. The maximum absolute atomic E-state index is 14.8. The van der Waals surface area contributed by atoms with E-state index in [1.54, 1.807) is 30.3 Å². The second kappa shape index (κ2) is 7.32. The third-order valence-corrected chi connectivity index (χ3v) is 5.03. The summed E-state index contributed by atoms with van der Waals surface area (Å²) in [4.78, 5) is 14.4. The average Bonchev–Trinajstić information content (AvgIpc) is 2.65. The second-order valence-corrected chi connectivity index (χ2v) is 7.42. The number of amides is 1. The maximum Gasteiger partial charge on any atom is 0.266 e. The molecule has 28 heavy (non-hydrogen) atoms. The molecule has 0 aromatic heterocycles. The highest BCUT2D eigenvalue weighted by Crippen LogP contribution is 2.39. The summed E-state index contributed by atoms with van der Waals surface area (Å²) in [6.45, 7) is 6.10. The molecule has 0 bridgehead atoms. The predicted octanol–water partition coefficient (Wildman–Crippen LogP) is 5.00. The number of nitriles is 1. The van der Waals surface area contributed by atoms with Crippen LogP contribution >= 0.6 is 0 Å². The lowest BCUT2D eigenvalue weighted by molar-refractivity contribution is -0.112. The Balaban J connectivity index is 1.98. The van der Waals surface area contributed by atoms with Crippen molar-refractivity contribution < 1.29 is 9.18 Å². The molecular weight excluding hydrogens is 353 g/mol. The summed E-state index contributed by atoms with van der Waals surface area (Å²) >= 11 is 0. The number of anilines is 2. The van der Waals surface area contributed by atoms with Gasteiger partial charge in [0.2, 0.25) is 0 Å². The standard InChI is InChI=1S/C23H22FN3O/c1-15-13-23(2,3)27(4)21-12-20(24)16(11-19(15)21)10-17(14-25)22(28)26-18-8-6-5-7-9-18/h5-13H,1-4H3,(H,26,28)/b17-10+. The van der Waals surface area contributed by atoms with Crippen molar-refractivity contribution in [1.82, 2.24) is 0 Å². The van der Waals surface area contributed by atoms with E-state index in [1.807, 2.05) is 31.0 Å². The number of nitrogens with one attached hydrogen (secondary N) is 1. The SMILES string of the molecule is CC1=CC(C)(C)N(C)c2cc(F)c(/C=C(\C#N)C(=O)Nc3ccccc3)cc21. The summed E-state index contributed by atoms with van der Waals surface area (Å²) in [5, 5.41) is 12.1. The number of likely N-dealkylation sites (N-methyl/N-ethyl adjacent to an activating group) is 1. The molecule has 1 heterocycles. The van der Waals surface area contributed by atoms with Gasteiger partial charge in [0, 0.05) is 29.5 Å². The molecule has 2 aromatic rings. The molecule has 142 valence electrons. The van der Waals surface area contributed by atoms with Gasteiger partial charge in [-0.05, 0) is 56.7 Å². The molecule has 0 atom stereocenters. The fourth-order valence-corrected chi connectivity index (χ4v) is 3.32. The molecule has 2 aromatic carbocycles. The van der Waals surface area contributed by atoms with Crippen molar-refractivity contribution >= 4 is 28.9 Å². The van der Waals surface area contributed by atoms with E-state index in [-0.39, 0.29) is 16.7 Å². The number of fused-ring (bicyclic) bond motifs is 1. The van der Waals surface area contributed by atoms with Crippen LogP contribution in [0.15, 0.2) is 54.1 Å². The minimum Gasteiger partial charge on any atom is -0.365 e. The number of carbonyl (C=O) groups excluding carboxylic acids is 1. The van der Waals surface area contributed by atoms with Gasteiger partial charge < -0.3 is 10.2 Å². The van der Waals surface area contributed by atoms with Crippen LogP contribution in [0.25, 0.3) is 11.6 Å². The van der Waals surface area contributed by atoms with E-state index < -0.39 is 11.7 Å². The van der Waals surface area contributed by atoms with Crippen molar-refractivity contribution in [2.24, 2.45) is 0 Å². The molecule has 5 heteroatoms. The van der Waals surface area contributed by atoms with Crippen LogP contribution in [-0.4, -0.2) is 18.5 Å². The van der Waals surface area contributed by atoms with Crippen molar-refractivity contribution in [3.8, 4) is 6.07 Å². The Kier molecular flexibility index (Phi) is 5.06. The summed E-state index contributed by atoms with van der Waals surface area (Å²) in [7, 11) is 1.92. The lowest BCUT2D eigenvalue weighted by Gasteiger charge is -2.40. The lowest BCUT2D eigenvalue weighted by atomic mass is 9.88. The minimum absolute atomic E-state index is 0.158. The first-order chi connectivity index (χ1) is 13.2. The third kappa shape index (κ3) is 3.67. The third-order valence-electron chi connectivity index (χ3n) is 5.03. The number of carbonyl (C=O) groups is 1. The Hall–Kier alpha value is -3.39. The lowest BCUT2D eigenvalue weighted by Crippen LogP contribution is -2.42. The number of benzene rings is 2. The summed E-state index contributed by atoms with van der Waals surface area (Å²) in [6.07, 6.45) is 3.41. The Labute approximate surface area is 164 Å². The van der Waals surface area contributed by atoms with E-state index in [4.69, 9.17) is 0 Å². The minimum atomic E-state index is -0.573. The molecular formula is C23H22FN3O. The van der Waals surface area contributed by atoms with Crippen LogP contribution in [0.5, 0.6) is 0 Å². The smallest absolute Gasteiger partial charge is 0.266 e. The summed E-state index contributed by atoms with van der Waals surface area (Å²) in [5.41, 5.74) is 3.09. The van der Waals surface area contributed by atoms with Gasteiger partial charge in [0.05, 0.1) is 5.54 Å². The van der Waals surface area contributed by atoms with Gasteiger partial charge in [-0.2, -0.15) is 5.26 Å².